The summed E-state index contributed by atoms with van der Waals surface area (Å²) < 4.78 is 18.5. The molecule has 0 aliphatic heterocycles. The highest BCUT2D eigenvalue weighted by atomic mass is 19.1. The molecule has 0 radical (unpaired) electrons. The van der Waals surface area contributed by atoms with Crippen LogP contribution in [0.4, 0.5) is 4.39 Å². The minimum absolute atomic E-state index is 0.100. The molecule has 0 aliphatic rings. The molecule has 2 N–H and O–H groups in total. The van der Waals surface area contributed by atoms with Crippen molar-refractivity contribution in [1.82, 2.24) is 10.2 Å². The Balaban J connectivity index is 2.10. The van der Waals surface area contributed by atoms with Gasteiger partial charge in [0.1, 0.15) is 17.1 Å². The van der Waals surface area contributed by atoms with E-state index < -0.39 is 5.97 Å². The van der Waals surface area contributed by atoms with Crippen LogP contribution in [0.1, 0.15) is 10.5 Å². The Morgan fingerprint density at radius 1 is 1.33 bits per heavy atom. The molecule has 5 nitrogen and oxygen atoms in total. The third-order valence-corrected chi connectivity index (χ3v) is 2.54. The first-order chi connectivity index (χ1) is 8.63. The first-order valence-electron chi connectivity index (χ1n) is 5.11. The Kier molecular flexibility index (Phi) is 2.16. The Labute approximate surface area is 99.8 Å². The maximum Gasteiger partial charge on any atom is 0.356 e. The van der Waals surface area contributed by atoms with Crippen molar-refractivity contribution in [2.24, 2.45) is 0 Å². The summed E-state index contributed by atoms with van der Waals surface area (Å²) in [5.41, 5.74) is 0.860. The molecule has 2 aromatic heterocycles. The molecule has 3 aromatic rings. The maximum absolute atomic E-state index is 13.0. The average molecular weight is 246 g/mol. The van der Waals surface area contributed by atoms with Crippen LogP contribution >= 0.6 is 0 Å². The number of nitrogens with one attached hydrogen (secondary N) is 1. The second-order valence-electron chi connectivity index (χ2n) is 3.76. The minimum atomic E-state index is -1.13. The molecule has 3 rings (SSSR count). The lowest BCUT2D eigenvalue weighted by Gasteiger charge is -1.87. The van der Waals surface area contributed by atoms with Gasteiger partial charge in [0.15, 0.2) is 11.5 Å². The second-order valence-corrected chi connectivity index (χ2v) is 3.76. The standard InChI is InChI=1S/C12H7FN2O3/c13-7-1-2-10-6(3-7)4-11(18-10)8-5-9(12(16)17)15-14-8/h1-5H,(H,14,15)(H,16,17). The van der Waals surface area contributed by atoms with E-state index in [1.807, 2.05) is 0 Å². The van der Waals surface area contributed by atoms with E-state index in [9.17, 15) is 9.18 Å². The van der Waals surface area contributed by atoms with Crippen LogP contribution in [-0.2, 0) is 0 Å². The summed E-state index contributed by atoms with van der Waals surface area (Å²) in [6, 6.07) is 7.14. The number of carboxylic acid groups (broad SMARTS) is 1. The number of hydrogen-bond acceptors (Lipinski definition) is 3. The van der Waals surface area contributed by atoms with Crippen LogP contribution in [0.5, 0.6) is 0 Å². The van der Waals surface area contributed by atoms with Crippen LogP contribution in [0, 0.1) is 5.82 Å². The number of nitrogens with zero attached hydrogens (tertiary/aromatic N) is 1. The van der Waals surface area contributed by atoms with Gasteiger partial charge in [-0.1, -0.05) is 0 Å². The van der Waals surface area contributed by atoms with Crippen LogP contribution < -0.4 is 0 Å². The molecule has 0 saturated carbocycles. The molecule has 0 atom stereocenters. The number of aromatic nitrogens is 2. The SMILES string of the molecule is O=C(O)c1cc(-c2cc3cc(F)ccc3o2)[nH]n1. The fourth-order valence-electron chi connectivity index (χ4n) is 1.70. The quantitative estimate of drug-likeness (QED) is 0.728. The zero-order chi connectivity index (χ0) is 12.7. The van der Waals surface area contributed by atoms with Crippen molar-refractivity contribution in [3.8, 4) is 11.5 Å². The van der Waals surface area contributed by atoms with Crippen LogP contribution in [0.2, 0.25) is 0 Å². The van der Waals surface area contributed by atoms with E-state index in [-0.39, 0.29) is 11.5 Å². The summed E-state index contributed by atoms with van der Waals surface area (Å²) >= 11 is 0. The number of H-pyrrole nitrogens is 1. The van der Waals surface area contributed by atoms with Crippen LogP contribution in [0.3, 0.4) is 0 Å². The lowest BCUT2D eigenvalue weighted by Crippen LogP contribution is -1.95. The third-order valence-electron chi connectivity index (χ3n) is 2.54. The number of furan rings is 1. The molecule has 18 heavy (non-hydrogen) atoms. The van der Waals surface area contributed by atoms with Gasteiger partial charge in [-0.15, -0.1) is 0 Å². The van der Waals surface area contributed by atoms with E-state index in [1.54, 1.807) is 6.07 Å². The molecule has 2 heterocycles. The molecular weight excluding hydrogens is 239 g/mol. The lowest BCUT2D eigenvalue weighted by atomic mass is 10.2. The van der Waals surface area contributed by atoms with Crippen molar-refractivity contribution >= 4 is 16.9 Å². The fraction of sp³-hybridized carbons (Fsp3) is 0. The van der Waals surface area contributed by atoms with Gasteiger partial charge in [0.05, 0.1) is 0 Å². The normalized spacial score (nSPS) is 10.9. The van der Waals surface area contributed by atoms with Gasteiger partial charge in [-0.3, -0.25) is 5.10 Å². The van der Waals surface area contributed by atoms with E-state index in [4.69, 9.17) is 9.52 Å². The number of carboxylic acids is 1. The van der Waals surface area contributed by atoms with Crippen LogP contribution in [0.25, 0.3) is 22.4 Å². The van der Waals surface area contributed by atoms with Crippen molar-refractivity contribution in [2.75, 3.05) is 0 Å². The highest BCUT2D eigenvalue weighted by Gasteiger charge is 2.13. The first kappa shape index (κ1) is 10.5. The van der Waals surface area contributed by atoms with Gasteiger partial charge < -0.3 is 9.52 Å². The maximum atomic E-state index is 13.0. The summed E-state index contributed by atoms with van der Waals surface area (Å²) in [4.78, 5) is 10.7. The number of fused-ring (bicyclic) bond motifs is 1. The summed E-state index contributed by atoms with van der Waals surface area (Å²) in [6.07, 6.45) is 0. The molecule has 0 spiro atoms. The number of aromatic amines is 1. The van der Waals surface area contributed by atoms with Crippen molar-refractivity contribution in [3.63, 3.8) is 0 Å². The summed E-state index contributed by atoms with van der Waals surface area (Å²) in [7, 11) is 0. The van der Waals surface area contributed by atoms with Crippen LogP contribution in [-0.4, -0.2) is 21.3 Å². The number of hydrogen-bond donors (Lipinski definition) is 2. The van der Waals surface area contributed by atoms with Gasteiger partial charge in [0.2, 0.25) is 0 Å². The van der Waals surface area contributed by atoms with E-state index in [2.05, 4.69) is 10.2 Å². The molecule has 0 saturated heterocycles. The monoisotopic (exact) mass is 246 g/mol. The predicted octanol–water partition coefficient (Wildman–Crippen LogP) is 2.66. The predicted molar refractivity (Wildman–Crippen MR) is 60.7 cm³/mol. The van der Waals surface area contributed by atoms with E-state index in [1.165, 1.54) is 24.3 Å². The number of rotatable bonds is 2. The van der Waals surface area contributed by atoms with E-state index >= 15 is 0 Å². The second kappa shape index (κ2) is 3.69. The molecule has 0 amide bonds. The molecule has 0 aliphatic carbocycles. The third kappa shape index (κ3) is 1.64. The Hall–Kier alpha value is -2.63. The average Bonchev–Trinajstić information content (AvgIpc) is 2.93. The van der Waals surface area contributed by atoms with Gasteiger partial charge in [-0.25, -0.2) is 9.18 Å². The molecule has 0 bridgehead atoms. The van der Waals surface area contributed by atoms with Gasteiger partial charge in [0.25, 0.3) is 0 Å². The minimum Gasteiger partial charge on any atom is -0.476 e. The number of halogens is 1. The van der Waals surface area contributed by atoms with Gasteiger partial charge in [0, 0.05) is 11.5 Å². The molecule has 0 fully saturated rings. The van der Waals surface area contributed by atoms with Crippen molar-refractivity contribution in [3.05, 3.63) is 41.8 Å². The molecule has 6 heteroatoms. The van der Waals surface area contributed by atoms with Crippen molar-refractivity contribution < 1.29 is 18.7 Å². The molecular formula is C12H7FN2O3. The van der Waals surface area contributed by atoms with Crippen molar-refractivity contribution in [1.29, 1.82) is 0 Å². The number of carbonyl (C=O) groups is 1. The zero-order valence-electron chi connectivity index (χ0n) is 8.98. The highest BCUT2D eigenvalue weighted by Crippen LogP contribution is 2.27. The summed E-state index contributed by atoms with van der Waals surface area (Å²) in [5.74, 6) is -1.07. The largest absolute Gasteiger partial charge is 0.476 e. The van der Waals surface area contributed by atoms with E-state index in [0.29, 0.717) is 22.4 Å². The molecule has 1 aromatic carbocycles. The van der Waals surface area contributed by atoms with E-state index in [0.717, 1.165) is 0 Å². The van der Waals surface area contributed by atoms with Crippen LogP contribution in [0.15, 0.2) is 34.7 Å². The smallest absolute Gasteiger partial charge is 0.356 e. The Morgan fingerprint density at radius 3 is 2.89 bits per heavy atom. The Bertz CT molecular complexity index is 745. The molecule has 0 unspecified atom stereocenters. The number of aromatic carboxylic acids is 1. The molecule has 90 valence electrons. The Morgan fingerprint density at radius 2 is 2.17 bits per heavy atom. The van der Waals surface area contributed by atoms with Gasteiger partial charge in [-0.05, 0) is 24.3 Å². The zero-order valence-corrected chi connectivity index (χ0v) is 8.98. The number of benzene rings is 1. The topological polar surface area (TPSA) is 79.1 Å². The highest BCUT2D eigenvalue weighted by molar-refractivity contribution is 5.87. The van der Waals surface area contributed by atoms with Gasteiger partial charge >= 0.3 is 5.97 Å². The van der Waals surface area contributed by atoms with Gasteiger partial charge in [-0.2, -0.15) is 5.10 Å². The summed E-state index contributed by atoms with van der Waals surface area (Å²) in [5, 5.41) is 15.5. The summed E-state index contributed by atoms with van der Waals surface area (Å²) in [6.45, 7) is 0. The fourth-order valence-corrected chi connectivity index (χ4v) is 1.70. The first-order valence-corrected chi connectivity index (χ1v) is 5.11. The lowest BCUT2D eigenvalue weighted by molar-refractivity contribution is 0.0690. The van der Waals surface area contributed by atoms with Crippen molar-refractivity contribution in [2.45, 2.75) is 0 Å².